The number of Topliss-reactive ketones (excluding diaryl/α,β-unsaturated/α-hetero) is 1. The summed E-state index contributed by atoms with van der Waals surface area (Å²) in [6.45, 7) is 6.72. The molecule has 1 unspecified atom stereocenters. The van der Waals surface area contributed by atoms with E-state index in [0.717, 1.165) is 42.9 Å². The lowest BCUT2D eigenvalue weighted by molar-refractivity contribution is -0.133. The second kappa shape index (κ2) is 5.31. The molecule has 2 heteroatoms. The molecule has 0 aromatic rings. The van der Waals surface area contributed by atoms with E-state index in [0.29, 0.717) is 17.1 Å². The highest BCUT2D eigenvalue weighted by molar-refractivity contribution is 5.79. The Balaban J connectivity index is 1.60. The van der Waals surface area contributed by atoms with E-state index in [2.05, 4.69) is 13.8 Å². The molecule has 0 saturated heterocycles. The van der Waals surface area contributed by atoms with E-state index in [1.54, 1.807) is 0 Å². The van der Waals surface area contributed by atoms with Crippen molar-refractivity contribution in [3.63, 3.8) is 0 Å². The van der Waals surface area contributed by atoms with Gasteiger partial charge in [-0.05, 0) is 99.2 Å². The Morgan fingerprint density at radius 2 is 1.57 bits per heavy atom. The van der Waals surface area contributed by atoms with Crippen LogP contribution in [0.15, 0.2) is 0 Å². The van der Waals surface area contributed by atoms with Crippen LogP contribution in [0.2, 0.25) is 0 Å². The molecule has 130 valence electrons. The van der Waals surface area contributed by atoms with E-state index in [1.807, 2.05) is 6.92 Å². The van der Waals surface area contributed by atoms with Gasteiger partial charge < -0.3 is 5.11 Å². The van der Waals surface area contributed by atoms with Gasteiger partial charge in [0, 0.05) is 5.92 Å². The van der Waals surface area contributed by atoms with Crippen LogP contribution in [0.1, 0.15) is 78.6 Å². The van der Waals surface area contributed by atoms with Crippen LogP contribution in [0.3, 0.4) is 0 Å². The normalized spacial score (nSPS) is 55.7. The largest absolute Gasteiger partial charge is 0.393 e. The van der Waals surface area contributed by atoms with E-state index in [1.165, 1.54) is 38.5 Å². The number of hydrogen-bond acceptors (Lipinski definition) is 2. The van der Waals surface area contributed by atoms with Gasteiger partial charge in [-0.15, -0.1) is 0 Å². The fraction of sp³-hybridized carbons (Fsp3) is 0.952. The minimum absolute atomic E-state index is 0.0600. The Bertz CT molecular complexity index is 500. The maximum Gasteiger partial charge on any atom is 0.133 e. The van der Waals surface area contributed by atoms with Crippen molar-refractivity contribution in [2.24, 2.45) is 40.4 Å². The third-order valence-electron chi connectivity index (χ3n) is 8.96. The van der Waals surface area contributed by atoms with Gasteiger partial charge in [0.25, 0.3) is 0 Å². The molecule has 0 bridgehead atoms. The summed E-state index contributed by atoms with van der Waals surface area (Å²) in [6.07, 6.45) is 10.9. The monoisotopic (exact) mass is 318 g/mol. The van der Waals surface area contributed by atoms with Gasteiger partial charge in [-0.3, -0.25) is 4.79 Å². The number of carbonyl (C=O) groups is 1. The van der Waals surface area contributed by atoms with Gasteiger partial charge in [0.05, 0.1) is 6.10 Å². The number of hydrogen-bond donors (Lipinski definition) is 1. The van der Waals surface area contributed by atoms with Crippen molar-refractivity contribution in [1.29, 1.82) is 0 Å². The first-order chi connectivity index (χ1) is 10.8. The molecular weight excluding hydrogens is 284 g/mol. The molecule has 0 spiro atoms. The number of fused-ring (bicyclic) bond motifs is 5. The minimum atomic E-state index is -0.0600. The van der Waals surface area contributed by atoms with Gasteiger partial charge >= 0.3 is 0 Å². The van der Waals surface area contributed by atoms with Crippen molar-refractivity contribution in [3.8, 4) is 0 Å². The number of aliphatic hydroxyl groups excluding tert-OH is 1. The van der Waals surface area contributed by atoms with Crippen molar-refractivity contribution >= 4 is 5.78 Å². The third kappa shape index (κ3) is 2.27. The number of ketones is 1. The molecule has 4 rings (SSSR count). The first-order valence-electron chi connectivity index (χ1n) is 10.0. The highest BCUT2D eigenvalue weighted by Crippen LogP contribution is 2.66. The number of rotatable bonds is 1. The molecule has 0 heterocycles. The van der Waals surface area contributed by atoms with E-state index in [4.69, 9.17) is 0 Å². The Morgan fingerprint density at radius 3 is 2.30 bits per heavy atom. The van der Waals surface area contributed by atoms with Crippen molar-refractivity contribution in [3.05, 3.63) is 0 Å². The molecule has 4 saturated carbocycles. The first-order valence-corrected chi connectivity index (χ1v) is 10.0. The van der Waals surface area contributed by atoms with Gasteiger partial charge in [0.15, 0.2) is 0 Å². The zero-order valence-corrected chi connectivity index (χ0v) is 15.2. The molecule has 4 aliphatic carbocycles. The molecule has 0 aromatic heterocycles. The summed E-state index contributed by atoms with van der Waals surface area (Å²) in [5.41, 5.74) is 0.667. The smallest absolute Gasteiger partial charge is 0.133 e. The van der Waals surface area contributed by atoms with Gasteiger partial charge in [0.1, 0.15) is 5.78 Å². The first kappa shape index (κ1) is 16.1. The van der Waals surface area contributed by atoms with Crippen LogP contribution in [0, 0.1) is 40.4 Å². The Kier molecular flexibility index (Phi) is 3.72. The minimum Gasteiger partial charge on any atom is -0.393 e. The van der Waals surface area contributed by atoms with Crippen LogP contribution in [0.4, 0.5) is 0 Å². The molecule has 4 aliphatic rings. The molecular formula is C21H34O2. The molecule has 23 heavy (non-hydrogen) atoms. The van der Waals surface area contributed by atoms with Crippen LogP contribution in [-0.4, -0.2) is 17.0 Å². The lowest BCUT2D eigenvalue weighted by Gasteiger charge is -2.59. The van der Waals surface area contributed by atoms with Crippen molar-refractivity contribution < 1.29 is 9.90 Å². The van der Waals surface area contributed by atoms with Crippen molar-refractivity contribution in [2.75, 3.05) is 0 Å². The molecule has 8 atom stereocenters. The van der Waals surface area contributed by atoms with Gasteiger partial charge in [-0.2, -0.15) is 0 Å². The molecule has 0 aromatic carbocycles. The molecule has 4 fully saturated rings. The van der Waals surface area contributed by atoms with Gasteiger partial charge in [0.2, 0.25) is 0 Å². The predicted molar refractivity (Wildman–Crippen MR) is 91.9 cm³/mol. The number of carbonyl (C=O) groups excluding carboxylic acids is 1. The summed E-state index contributed by atoms with van der Waals surface area (Å²) >= 11 is 0. The molecule has 0 amide bonds. The topological polar surface area (TPSA) is 37.3 Å². The van der Waals surface area contributed by atoms with E-state index in [-0.39, 0.29) is 11.5 Å². The highest BCUT2D eigenvalue weighted by Gasteiger charge is 2.59. The molecule has 2 nitrogen and oxygen atoms in total. The molecule has 1 N–H and O–H groups in total. The van der Waals surface area contributed by atoms with Crippen LogP contribution in [-0.2, 0) is 4.79 Å². The fourth-order valence-electron chi connectivity index (χ4n) is 7.93. The van der Waals surface area contributed by atoms with Crippen molar-refractivity contribution in [2.45, 2.75) is 84.7 Å². The summed E-state index contributed by atoms with van der Waals surface area (Å²) in [7, 11) is 0. The average molecular weight is 319 g/mol. The standard InChI is InChI=1S/C21H34O2/c1-13(22)17-6-7-19-16-8-10-20(2)12-14(23)4-5-18(20)15(16)9-11-21(17,19)3/h14-19,23H,4-12H2,1-3H3/t14-,15+,16-,17-,18-,19+,20?,21-/m1/s1. The Labute approximate surface area is 141 Å². The summed E-state index contributed by atoms with van der Waals surface area (Å²) in [6, 6.07) is 0. The maximum atomic E-state index is 12.2. The SMILES string of the molecule is CC(=O)[C@H]1CC[C@H]2[C@@H]3CCC4(C)C[C@H](O)CC[C@@H]4[C@H]3CC[C@]12C. The lowest BCUT2D eigenvalue weighted by Crippen LogP contribution is -2.52. The van der Waals surface area contributed by atoms with E-state index < -0.39 is 0 Å². The van der Waals surface area contributed by atoms with Crippen LogP contribution < -0.4 is 0 Å². The zero-order chi connectivity index (χ0) is 16.4. The maximum absolute atomic E-state index is 12.2. The third-order valence-corrected chi connectivity index (χ3v) is 8.96. The molecule has 0 radical (unpaired) electrons. The second-order valence-corrected chi connectivity index (χ2v) is 9.95. The van der Waals surface area contributed by atoms with Crippen LogP contribution in [0.25, 0.3) is 0 Å². The quantitative estimate of drug-likeness (QED) is 0.767. The average Bonchev–Trinajstić information content (AvgIpc) is 2.83. The van der Waals surface area contributed by atoms with Crippen LogP contribution >= 0.6 is 0 Å². The van der Waals surface area contributed by atoms with Gasteiger partial charge in [-0.1, -0.05) is 13.8 Å². The predicted octanol–water partition coefficient (Wildman–Crippen LogP) is 4.60. The van der Waals surface area contributed by atoms with E-state index in [9.17, 15) is 9.90 Å². The summed E-state index contributed by atoms with van der Waals surface area (Å²) in [5.74, 6) is 4.10. The van der Waals surface area contributed by atoms with Crippen LogP contribution in [0.5, 0.6) is 0 Å². The summed E-state index contributed by atoms with van der Waals surface area (Å²) in [5, 5.41) is 10.2. The summed E-state index contributed by atoms with van der Waals surface area (Å²) < 4.78 is 0. The number of aliphatic hydroxyl groups is 1. The van der Waals surface area contributed by atoms with Gasteiger partial charge in [-0.25, -0.2) is 0 Å². The molecule has 0 aliphatic heterocycles. The van der Waals surface area contributed by atoms with E-state index >= 15 is 0 Å². The second-order valence-electron chi connectivity index (χ2n) is 9.95. The fourth-order valence-corrected chi connectivity index (χ4v) is 7.93. The summed E-state index contributed by atoms with van der Waals surface area (Å²) in [4.78, 5) is 12.2. The highest BCUT2D eigenvalue weighted by atomic mass is 16.3. The Hall–Kier alpha value is -0.370. The van der Waals surface area contributed by atoms with Crippen molar-refractivity contribution in [1.82, 2.24) is 0 Å². The Morgan fingerprint density at radius 1 is 0.913 bits per heavy atom. The lowest BCUT2D eigenvalue weighted by atomic mass is 9.46. The zero-order valence-electron chi connectivity index (χ0n) is 15.2.